The number of pyridine rings is 1. The molecule has 0 atom stereocenters. The van der Waals surface area contributed by atoms with Crippen LogP contribution in [-0.2, 0) is 0 Å². The fourth-order valence-electron chi connectivity index (χ4n) is 1.51. The molecule has 0 bridgehead atoms. The number of halogens is 2. The molecule has 0 N–H and O–H groups in total. The second kappa shape index (κ2) is 4.47. The number of methoxy groups -OCH3 is 2. The van der Waals surface area contributed by atoms with Gasteiger partial charge < -0.3 is 9.47 Å². The van der Waals surface area contributed by atoms with Gasteiger partial charge in [-0.15, -0.1) is 0 Å². The Kier molecular flexibility index (Phi) is 3.21. The Balaban J connectivity index is 2.91. The molecule has 5 heteroatoms. The van der Waals surface area contributed by atoms with Crippen LogP contribution < -0.4 is 9.47 Å². The Bertz CT molecular complexity index is 545. The van der Waals surface area contributed by atoms with Crippen LogP contribution in [0.5, 0.6) is 11.5 Å². The summed E-state index contributed by atoms with van der Waals surface area (Å²) in [6.45, 7) is 0. The number of ether oxygens (including phenoxy) is 2. The van der Waals surface area contributed by atoms with Crippen LogP contribution in [0.3, 0.4) is 0 Å². The SMILES string of the molecule is COc1cc(OC)c2nccc(Br)c2c1Cl. The summed E-state index contributed by atoms with van der Waals surface area (Å²) in [4.78, 5) is 4.25. The van der Waals surface area contributed by atoms with Crippen LogP contribution in [0.1, 0.15) is 0 Å². The summed E-state index contributed by atoms with van der Waals surface area (Å²) in [5, 5.41) is 1.32. The number of benzene rings is 1. The highest BCUT2D eigenvalue weighted by Crippen LogP contribution is 2.41. The number of hydrogen-bond donors (Lipinski definition) is 0. The standard InChI is InChI=1S/C11H9BrClNO2/c1-15-7-5-8(16-2)11-9(10(7)13)6(12)3-4-14-11/h3-5H,1-2H3. The number of fused-ring (bicyclic) bond motifs is 1. The van der Waals surface area contributed by atoms with Crippen LogP contribution >= 0.6 is 27.5 Å². The van der Waals surface area contributed by atoms with Gasteiger partial charge in [-0.2, -0.15) is 0 Å². The van der Waals surface area contributed by atoms with Crippen molar-refractivity contribution in [3.8, 4) is 11.5 Å². The van der Waals surface area contributed by atoms with E-state index in [0.29, 0.717) is 22.0 Å². The van der Waals surface area contributed by atoms with E-state index in [1.54, 1.807) is 26.5 Å². The van der Waals surface area contributed by atoms with E-state index in [-0.39, 0.29) is 0 Å². The molecule has 1 heterocycles. The van der Waals surface area contributed by atoms with Crippen molar-refractivity contribution in [3.63, 3.8) is 0 Å². The Morgan fingerprint density at radius 1 is 1.25 bits per heavy atom. The molecule has 3 nitrogen and oxygen atoms in total. The van der Waals surface area contributed by atoms with Crippen molar-refractivity contribution in [1.82, 2.24) is 4.98 Å². The van der Waals surface area contributed by atoms with Gasteiger partial charge in [0.25, 0.3) is 0 Å². The molecule has 0 spiro atoms. The van der Waals surface area contributed by atoms with Gasteiger partial charge in [0.15, 0.2) is 0 Å². The predicted molar refractivity (Wildman–Crippen MR) is 67.6 cm³/mol. The van der Waals surface area contributed by atoms with Gasteiger partial charge in [-0.05, 0) is 22.0 Å². The predicted octanol–water partition coefficient (Wildman–Crippen LogP) is 3.67. The molecule has 2 aromatic rings. The summed E-state index contributed by atoms with van der Waals surface area (Å²) in [7, 11) is 3.15. The minimum absolute atomic E-state index is 0.526. The maximum Gasteiger partial charge on any atom is 0.148 e. The van der Waals surface area contributed by atoms with Gasteiger partial charge >= 0.3 is 0 Å². The summed E-state index contributed by atoms with van der Waals surface area (Å²) in [5.74, 6) is 1.21. The van der Waals surface area contributed by atoms with Gasteiger partial charge in [0.05, 0.1) is 19.2 Å². The van der Waals surface area contributed by atoms with Gasteiger partial charge in [-0.3, -0.25) is 4.98 Å². The van der Waals surface area contributed by atoms with E-state index in [2.05, 4.69) is 20.9 Å². The van der Waals surface area contributed by atoms with E-state index in [1.165, 1.54) is 0 Å². The van der Waals surface area contributed by atoms with Crippen LogP contribution in [-0.4, -0.2) is 19.2 Å². The van der Waals surface area contributed by atoms with Crippen LogP contribution in [0.15, 0.2) is 22.8 Å². The van der Waals surface area contributed by atoms with Gasteiger partial charge in [-0.1, -0.05) is 11.6 Å². The third-order valence-corrected chi connectivity index (χ3v) is 3.31. The van der Waals surface area contributed by atoms with E-state index < -0.39 is 0 Å². The second-order valence-electron chi connectivity index (χ2n) is 3.11. The maximum atomic E-state index is 6.23. The average molecular weight is 303 g/mol. The summed E-state index contributed by atoms with van der Waals surface area (Å²) in [5.41, 5.74) is 0.711. The molecule has 0 unspecified atom stereocenters. The van der Waals surface area contributed by atoms with Crippen molar-refractivity contribution in [2.75, 3.05) is 14.2 Å². The highest BCUT2D eigenvalue weighted by atomic mass is 79.9. The van der Waals surface area contributed by atoms with Crippen molar-refractivity contribution in [2.45, 2.75) is 0 Å². The third kappa shape index (κ3) is 1.72. The zero-order valence-corrected chi connectivity index (χ0v) is 11.1. The first kappa shape index (κ1) is 11.5. The Labute approximate surface area is 106 Å². The third-order valence-electron chi connectivity index (χ3n) is 2.27. The minimum Gasteiger partial charge on any atom is -0.495 e. The van der Waals surface area contributed by atoms with Gasteiger partial charge in [0, 0.05) is 22.1 Å². The largest absolute Gasteiger partial charge is 0.495 e. The molecule has 0 aliphatic rings. The number of hydrogen-bond acceptors (Lipinski definition) is 3. The average Bonchev–Trinajstić information content (AvgIpc) is 2.30. The molecule has 2 rings (SSSR count). The van der Waals surface area contributed by atoms with Crippen molar-refractivity contribution in [1.29, 1.82) is 0 Å². The molecule has 0 saturated heterocycles. The summed E-state index contributed by atoms with van der Waals surface area (Å²) in [6, 6.07) is 3.55. The zero-order valence-electron chi connectivity index (χ0n) is 8.75. The molecule has 1 aromatic carbocycles. The van der Waals surface area contributed by atoms with E-state index in [1.807, 2.05) is 6.07 Å². The Morgan fingerprint density at radius 3 is 2.56 bits per heavy atom. The number of aromatic nitrogens is 1. The molecule has 0 fully saturated rings. The molecule has 0 radical (unpaired) electrons. The van der Waals surface area contributed by atoms with Crippen LogP contribution in [0.4, 0.5) is 0 Å². The molecular weight excluding hydrogens is 293 g/mol. The lowest BCUT2D eigenvalue weighted by Gasteiger charge is -2.11. The molecule has 0 amide bonds. The molecular formula is C11H9BrClNO2. The normalized spacial score (nSPS) is 10.5. The lowest BCUT2D eigenvalue weighted by molar-refractivity contribution is 0.397. The Morgan fingerprint density at radius 2 is 1.94 bits per heavy atom. The highest BCUT2D eigenvalue weighted by Gasteiger charge is 2.14. The first-order valence-electron chi connectivity index (χ1n) is 4.53. The quantitative estimate of drug-likeness (QED) is 0.848. The molecule has 1 aromatic heterocycles. The molecule has 84 valence electrons. The summed E-state index contributed by atoms with van der Waals surface area (Å²) >= 11 is 9.66. The van der Waals surface area contributed by atoms with Crippen LogP contribution in [0, 0.1) is 0 Å². The second-order valence-corrected chi connectivity index (χ2v) is 4.34. The van der Waals surface area contributed by atoms with E-state index in [4.69, 9.17) is 21.1 Å². The van der Waals surface area contributed by atoms with E-state index in [9.17, 15) is 0 Å². The van der Waals surface area contributed by atoms with E-state index in [0.717, 1.165) is 9.86 Å². The smallest absolute Gasteiger partial charge is 0.148 e. The molecule has 16 heavy (non-hydrogen) atoms. The fraction of sp³-hybridized carbons (Fsp3) is 0.182. The van der Waals surface area contributed by atoms with E-state index >= 15 is 0 Å². The fourth-order valence-corrected chi connectivity index (χ4v) is 2.45. The van der Waals surface area contributed by atoms with Gasteiger partial charge in [-0.25, -0.2) is 0 Å². The monoisotopic (exact) mass is 301 g/mol. The van der Waals surface area contributed by atoms with Crippen molar-refractivity contribution in [3.05, 3.63) is 27.8 Å². The maximum absolute atomic E-state index is 6.23. The zero-order chi connectivity index (χ0) is 11.7. The summed E-state index contributed by atoms with van der Waals surface area (Å²) < 4.78 is 11.3. The number of nitrogens with zero attached hydrogens (tertiary/aromatic N) is 1. The van der Waals surface area contributed by atoms with Crippen molar-refractivity contribution >= 4 is 38.4 Å². The first-order chi connectivity index (χ1) is 7.69. The molecule has 0 saturated carbocycles. The van der Waals surface area contributed by atoms with Gasteiger partial charge in [0.2, 0.25) is 0 Å². The highest BCUT2D eigenvalue weighted by molar-refractivity contribution is 9.10. The van der Waals surface area contributed by atoms with Crippen LogP contribution in [0.2, 0.25) is 5.02 Å². The topological polar surface area (TPSA) is 31.4 Å². The number of rotatable bonds is 2. The van der Waals surface area contributed by atoms with Crippen LogP contribution in [0.25, 0.3) is 10.9 Å². The van der Waals surface area contributed by atoms with Crippen molar-refractivity contribution < 1.29 is 9.47 Å². The molecule has 0 aliphatic carbocycles. The van der Waals surface area contributed by atoms with Crippen molar-refractivity contribution in [2.24, 2.45) is 0 Å². The lowest BCUT2D eigenvalue weighted by Crippen LogP contribution is -1.92. The molecule has 0 aliphatic heterocycles. The van der Waals surface area contributed by atoms with Gasteiger partial charge in [0.1, 0.15) is 17.0 Å². The lowest BCUT2D eigenvalue weighted by atomic mass is 10.2. The summed E-state index contributed by atoms with van der Waals surface area (Å²) in [6.07, 6.45) is 1.69. The minimum atomic E-state index is 0.526. The Hall–Kier alpha value is -1.000. The first-order valence-corrected chi connectivity index (χ1v) is 5.70.